The van der Waals surface area contributed by atoms with Gasteiger partial charge in [-0.3, -0.25) is 4.72 Å². The van der Waals surface area contributed by atoms with Crippen LogP contribution in [0.2, 0.25) is 0 Å². The molecule has 22 heavy (non-hydrogen) atoms. The minimum atomic E-state index is -4.58. The van der Waals surface area contributed by atoms with Gasteiger partial charge in [0.25, 0.3) is 10.0 Å². The standard InChI is InChI=1S/C14H11F4NO2S/c1-9-7-11(15)5-6-13(9)22(20,21)19-12-4-2-3-10(8-12)14(16,17)18/h2-8,19H,1H3. The monoisotopic (exact) mass is 333 g/mol. The molecule has 0 heterocycles. The van der Waals surface area contributed by atoms with Crippen molar-refractivity contribution in [2.75, 3.05) is 4.72 Å². The van der Waals surface area contributed by atoms with Crippen LogP contribution in [0.1, 0.15) is 11.1 Å². The number of hydrogen-bond acceptors (Lipinski definition) is 2. The van der Waals surface area contributed by atoms with Gasteiger partial charge in [-0.15, -0.1) is 0 Å². The number of hydrogen-bond donors (Lipinski definition) is 1. The van der Waals surface area contributed by atoms with Crippen LogP contribution in [0.5, 0.6) is 0 Å². The summed E-state index contributed by atoms with van der Waals surface area (Å²) >= 11 is 0. The lowest BCUT2D eigenvalue weighted by Crippen LogP contribution is -2.15. The van der Waals surface area contributed by atoms with E-state index in [0.29, 0.717) is 6.07 Å². The van der Waals surface area contributed by atoms with E-state index in [-0.39, 0.29) is 16.1 Å². The highest BCUT2D eigenvalue weighted by molar-refractivity contribution is 7.92. The molecular formula is C14H11F4NO2S. The number of sulfonamides is 1. The first-order valence-corrected chi connectivity index (χ1v) is 7.54. The number of aryl methyl sites for hydroxylation is 1. The zero-order chi connectivity index (χ0) is 16.5. The second-order valence-electron chi connectivity index (χ2n) is 4.59. The maximum absolute atomic E-state index is 13.0. The largest absolute Gasteiger partial charge is 0.416 e. The van der Waals surface area contributed by atoms with Crippen LogP contribution in [-0.2, 0) is 16.2 Å². The van der Waals surface area contributed by atoms with Crippen molar-refractivity contribution in [1.29, 1.82) is 0 Å². The number of alkyl halides is 3. The Balaban J connectivity index is 2.37. The van der Waals surface area contributed by atoms with Gasteiger partial charge in [-0.1, -0.05) is 6.07 Å². The van der Waals surface area contributed by atoms with Crippen LogP contribution in [-0.4, -0.2) is 8.42 Å². The van der Waals surface area contributed by atoms with Gasteiger partial charge in [-0.05, 0) is 48.9 Å². The summed E-state index contributed by atoms with van der Waals surface area (Å²) in [6.45, 7) is 1.39. The molecule has 2 aromatic carbocycles. The van der Waals surface area contributed by atoms with Crippen LogP contribution in [0.25, 0.3) is 0 Å². The summed E-state index contributed by atoms with van der Waals surface area (Å²) in [7, 11) is -4.11. The molecule has 0 spiro atoms. The van der Waals surface area contributed by atoms with Gasteiger partial charge in [0.05, 0.1) is 10.5 Å². The molecule has 0 radical (unpaired) electrons. The van der Waals surface area contributed by atoms with E-state index in [1.807, 2.05) is 0 Å². The molecule has 0 saturated carbocycles. The first kappa shape index (κ1) is 16.3. The molecule has 0 amide bonds. The summed E-state index contributed by atoms with van der Waals surface area (Å²) in [5.74, 6) is -0.601. The second-order valence-corrected chi connectivity index (χ2v) is 6.24. The third-order valence-electron chi connectivity index (χ3n) is 2.87. The molecule has 1 N–H and O–H groups in total. The molecule has 0 aliphatic carbocycles. The van der Waals surface area contributed by atoms with Crippen LogP contribution in [0.3, 0.4) is 0 Å². The Labute approximate surface area is 124 Å². The lowest BCUT2D eigenvalue weighted by molar-refractivity contribution is -0.137. The molecule has 2 rings (SSSR count). The van der Waals surface area contributed by atoms with Crippen molar-refractivity contribution in [2.24, 2.45) is 0 Å². The Morgan fingerprint density at radius 3 is 2.32 bits per heavy atom. The van der Waals surface area contributed by atoms with Gasteiger partial charge >= 0.3 is 6.18 Å². The molecule has 0 bridgehead atoms. The fourth-order valence-corrected chi connectivity index (χ4v) is 3.16. The zero-order valence-corrected chi connectivity index (χ0v) is 12.1. The maximum atomic E-state index is 13.0. The fraction of sp³-hybridized carbons (Fsp3) is 0.143. The van der Waals surface area contributed by atoms with Crippen molar-refractivity contribution in [1.82, 2.24) is 0 Å². The molecule has 0 unspecified atom stereocenters. The van der Waals surface area contributed by atoms with Gasteiger partial charge in [-0.25, -0.2) is 12.8 Å². The van der Waals surface area contributed by atoms with Gasteiger partial charge in [0, 0.05) is 5.69 Å². The van der Waals surface area contributed by atoms with Crippen molar-refractivity contribution in [3.05, 3.63) is 59.4 Å². The van der Waals surface area contributed by atoms with Gasteiger partial charge < -0.3 is 0 Å². The maximum Gasteiger partial charge on any atom is 0.416 e. The predicted molar refractivity (Wildman–Crippen MR) is 73.4 cm³/mol. The number of halogens is 4. The average Bonchev–Trinajstić information content (AvgIpc) is 2.36. The van der Waals surface area contributed by atoms with Crippen LogP contribution in [0, 0.1) is 12.7 Å². The molecular weight excluding hydrogens is 322 g/mol. The summed E-state index contributed by atoms with van der Waals surface area (Å²) in [5.41, 5.74) is -1.04. The fourth-order valence-electron chi connectivity index (χ4n) is 1.88. The van der Waals surface area contributed by atoms with Crippen molar-refractivity contribution in [2.45, 2.75) is 18.0 Å². The Bertz CT molecular complexity index is 801. The van der Waals surface area contributed by atoms with Crippen LogP contribution in [0.4, 0.5) is 23.2 Å². The highest BCUT2D eigenvalue weighted by atomic mass is 32.2. The summed E-state index contributed by atoms with van der Waals surface area (Å²) < 4.78 is 77.3. The van der Waals surface area contributed by atoms with Crippen molar-refractivity contribution in [3.8, 4) is 0 Å². The van der Waals surface area contributed by atoms with E-state index in [4.69, 9.17) is 0 Å². The van der Waals surface area contributed by atoms with Crippen molar-refractivity contribution < 1.29 is 26.0 Å². The topological polar surface area (TPSA) is 46.2 Å². The zero-order valence-electron chi connectivity index (χ0n) is 11.3. The van der Waals surface area contributed by atoms with E-state index >= 15 is 0 Å². The Morgan fingerprint density at radius 2 is 1.73 bits per heavy atom. The lowest BCUT2D eigenvalue weighted by Gasteiger charge is -2.12. The number of rotatable bonds is 3. The summed E-state index contributed by atoms with van der Waals surface area (Å²) in [4.78, 5) is -0.202. The second kappa shape index (κ2) is 5.60. The van der Waals surface area contributed by atoms with Gasteiger partial charge in [0.15, 0.2) is 0 Å². The molecule has 0 aliphatic rings. The SMILES string of the molecule is Cc1cc(F)ccc1S(=O)(=O)Nc1cccc(C(F)(F)F)c1. The molecule has 2 aromatic rings. The Hall–Kier alpha value is -2.09. The van der Waals surface area contributed by atoms with E-state index in [1.54, 1.807) is 0 Å². The van der Waals surface area contributed by atoms with E-state index in [0.717, 1.165) is 30.3 Å². The van der Waals surface area contributed by atoms with E-state index < -0.39 is 27.6 Å². The number of anilines is 1. The van der Waals surface area contributed by atoms with Crippen molar-refractivity contribution in [3.63, 3.8) is 0 Å². The minimum absolute atomic E-state index is 0.152. The van der Waals surface area contributed by atoms with Crippen LogP contribution in [0.15, 0.2) is 47.4 Å². The van der Waals surface area contributed by atoms with Crippen molar-refractivity contribution >= 4 is 15.7 Å². The predicted octanol–water partition coefficient (Wildman–Crippen LogP) is 3.95. The lowest BCUT2D eigenvalue weighted by atomic mass is 10.2. The molecule has 0 aliphatic heterocycles. The third kappa shape index (κ3) is 3.56. The van der Waals surface area contributed by atoms with Gasteiger partial charge in [0.2, 0.25) is 0 Å². The van der Waals surface area contributed by atoms with E-state index in [2.05, 4.69) is 4.72 Å². The number of nitrogens with one attached hydrogen (secondary N) is 1. The molecule has 0 atom stereocenters. The molecule has 0 aromatic heterocycles. The summed E-state index contributed by atoms with van der Waals surface area (Å²) in [5, 5.41) is 0. The van der Waals surface area contributed by atoms with Crippen LogP contribution >= 0.6 is 0 Å². The van der Waals surface area contributed by atoms with Gasteiger partial charge in [0.1, 0.15) is 5.82 Å². The van der Waals surface area contributed by atoms with Gasteiger partial charge in [-0.2, -0.15) is 13.2 Å². The normalized spacial score (nSPS) is 12.2. The number of benzene rings is 2. The molecule has 118 valence electrons. The molecule has 0 saturated heterocycles. The quantitative estimate of drug-likeness (QED) is 0.865. The minimum Gasteiger partial charge on any atom is -0.280 e. The highest BCUT2D eigenvalue weighted by Crippen LogP contribution is 2.31. The summed E-state index contributed by atoms with van der Waals surface area (Å²) in [6.07, 6.45) is -4.58. The van der Waals surface area contributed by atoms with E-state index in [1.165, 1.54) is 13.0 Å². The Kier molecular flexibility index (Phi) is 4.15. The summed E-state index contributed by atoms with van der Waals surface area (Å²) in [6, 6.07) is 6.87. The molecule has 0 fully saturated rings. The highest BCUT2D eigenvalue weighted by Gasteiger charge is 2.30. The molecule has 8 heteroatoms. The first-order chi connectivity index (χ1) is 10.1. The third-order valence-corrected chi connectivity index (χ3v) is 4.41. The first-order valence-electron chi connectivity index (χ1n) is 6.06. The molecule has 3 nitrogen and oxygen atoms in total. The smallest absolute Gasteiger partial charge is 0.280 e. The Morgan fingerprint density at radius 1 is 1.05 bits per heavy atom. The van der Waals surface area contributed by atoms with E-state index in [9.17, 15) is 26.0 Å². The van der Waals surface area contributed by atoms with Crippen LogP contribution < -0.4 is 4.72 Å². The average molecular weight is 333 g/mol.